The van der Waals surface area contributed by atoms with Gasteiger partial charge in [-0.15, -0.1) is 21.5 Å². The van der Waals surface area contributed by atoms with Crippen LogP contribution in [0.3, 0.4) is 0 Å². The van der Waals surface area contributed by atoms with Crippen LogP contribution < -0.4 is 4.90 Å². The largest absolute Gasteiger partial charge is 0.469 e. The molecular formula is C23H25N5O2S2. The zero-order chi connectivity index (χ0) is 22.7. The van der Waals surface area contributed by atoms with Gasteiger partial charge in [-0.05, 0) is 38.0 Å². The van der Waals surface area contributed by atoms with Gasteiger partial charge >= 0.3 is 0 Å². The number of rotatable bonds is 8. The van der Waals surface area contributed by atoms with E-state index in [2.05, 4.69) is 28.6 Å². The summed E-state index contributed by atoms with van der Waals surface area (Å²) in [6.07, 6.45) is 2.51. The second kappa shape index (κ2) is 9.70. The second-order valence-corrected chi connectivity index (χ2v) is 8.97. The first kappa shape index (κ1) is 22.3. The number of nitrogens with zero attached hydrogens (tertiary/aromatic N) is 5. The molecule has 7 nitrogen and oxygen atoms in total. The summed E-state index contributed by atoms with van der Waals surface area (Å²) in [5, 5.41) is 12.3. The fourth-order valence-electron chi connectivity index (χ4n) is 3.54. The van der Waals surface area contributed by atoms with Gasteiger partial charge in [0.2, 0.25) is 5.91 Å². The van der Waals surface area contributed by atoms with Gasteiger partial charge < -0.3 is 8.98 Å². The molecule has 32 heavy (non-hydrogen) atoms. The van der Waals surface area contributed by atoms with E-state index < -0.39 is 0 Å². The number of hydrogen-bond donors (Lipinski definition) is 0. The molecule has 0 radical (unpaired) electrons. The molecule has 1 aromatic carbocycles. The average molecular weight is 468 g/mol. The van der Waals surface area contributed by atoms with Gasteiger partial charge in [0.25, 0.3) is 0 Å². The van der Waals surface area contributed by atoms with Crippen LogP contribution in [0.5, 0.6) is 0 Å². The van der Waals surface area contributed by atoms with Gasteiger partial charge in [0.1, 0.15) is 5.76 Å². The predicted molar refractivity (Wildman–Crippen MR) is 128 cm³/mol. The number of hydrogen-bond acceptors (Lipinski definition) is 7. The smallest absolute Gasteiger partial charge is 0.230 e. The summed E-state index contributed by atoms with van der Waals surface area (Å²) in [6.45, 7) is 8.41. The Hall–Kier alpha value is -2.91. The fourth-order valence-corrected chi connectivity index (χ4v) is 5.42. The molecule has 0 aliphatic carbocycles. The Morgan fingerprint density at radius 3 is 2.72 bits per heavy atom. The van der Waals surface area contributed by atoms with Crippen molar-refractivity contribution in [1.82, 2.24) is 19.7 Å². The lowest BCUT2D eigenvalue weighted by Gasteiger charge is -2.20. The molecule has 0 aliphatic rings. The van der Waals surface area contributed by atoms with E-state index in [0.29, 0.717) is 10.9 Å². The first-order chi connectivity index (χ1) is 15.5. The molecule has 0 N–H and O–H groups in total. The monoisotopic (exact) mass is 467 g/mol. The minimum atomic E-state index is -0.0506. The number of amides is 1. The molecule has 0 unspecified atom stereocenters. The van der Waals surface area contributed by atoms with E-state index in [1.54, 1.807) is 29.8 Å². The Balaban J connectivity index is 1.54. The van der Waals surface area contributed by atoms with Crippen LogP contribution in [0.15, 0.2) is 51.5 Å². The van der Waals surface area contributed by atoms with Crippen molar-refractivity contribution >= 4 is 39.8 Å². The van der Waals surface area contributed by atoms with Crippen LogP contribution in [-0.2, 0) is 23.5 Å². The van der Waals surface area contributed by atoms with Gasteiger partial charge in [0.05, 0.1) is 23.2 Å². The second-order valence-electron chi connectivity index (χ2n) is 7.19. The van der Waals surface area contributed by atoms with Gasteiger partial charge in [-0.2, -0.15) is 0 Å². The van der Waals surface area contributed by atoms with Crippen molar-refractivity contribution in [2.45, 2.75) is 51.6 Å². The molecule has 0 fully saturated rings. The van der Waals surface area contributed by atoms with E-state index in [1.807, 2.05) is 42.6 Å². The maximum atomic E-state index is 12.5. The van der Waals surface area contributed by atoms with Crippen molar-refractivity contribution < 1.29 is 9.21 Å². The van der Waals surface area contributed by atoms with Gasteiger partial charge in [-0.1, -0.05) is 36.9 Å². The predicted octanol–water partition coefficient (Wildman–Crippen LogP) is 5.86. The highest BCUT2D eigenvalue weighted by atomic mass is 32.2. The van der Waals surface area contributed by atoms with Crippen LogP contribution in [-0.4, -0.2) is 25.7 Å². The normalized spacial score (nSPS) is 11.1. The molecular weight excluding hydrogens is 442 g/mol. The van der Waals surface area contributed by atoms with Crippen LogP contribution in [0.4, 0.5) is 10.8 Å². The highest BCUT2D eigenvalue weighted by molar-refractivity contribution is 7.98. The summed E-state index contributed by atoms with van der Waals surface area (Å²) in [5.41, 5.74) is 3.87. The molecule has 4 aromatic rings. The van der Waals surface area contributed by atoms with Gasteiger partial charge in [0.15, 0.2) is 16.1 Å². The number of furan rings is 1. The molecule has 0 atom stereocenters. The molecule has 0 saturated carbocycles. The number of thiazole rings is 1. The Kier molecular flexibility index (Phi) is 6.76. The van der Waals surface area contributed by atoms with Crippen molar-refractivity contribution in [2.24, 2.45) is 0 Å². The number of para-hydroxylation sites is 1. The number of thioether (sulfide) groups is 1. The molecule has 0 aliphatic heterocycles. The van der Waals surface area contributed by atoms with E-state index in [-0.39, 0.29) is 5.91 Å². The lowest BCUT2D eigenvalue weighted by Crippen LogP contribution is -2.23. The van der Waals surface area contributed by atoms with Crippen molar-refractivity contribution in [2.75, 3.05) is 4.90 Å². The van der Waals surface area contributed by atoms with Gasteiger partial charge in [-0.25, -0.2) is 4.98 Å². The highest BCUT2D eigenvalue weighted by Gasteiger charge is 2.21. The van der Waals surface area contributed by atoms with Crippen molar-refractivity contribution in [3.63, 3.8) is 0 Å². The molecule has 166 valence electrons. The van der Waals surface area contributed by atoms with Crippen molar-refractivity contribution in [1.29, 1.82) is 0 Å². The van der Waals surface area contributed by atoms with Crippen LogP contribution in [0, 0.1) is 6.92 Å². The summed E-state index contributed by atoms with van der Waals surface area (Å²) in [7, 11) is 0. The van der Waals surface area contributed by atoms with Crippen LogP contribution in [0.2, 0.25) is 0 Å². The number of carbonyl (C=O) groups excluding carboxylic acids is 1. The van der Waals surface area contributed by atoms with Crippen molar-refractivity contribution in [3.05, 3.63) is 59.0 Å². The third-order valence-corrected chi connectivity index (χ3v) is 7.02. The molecule has 0 spiro atoms. The Bertz CT molecular complexity index is 1230. The third-order valence-electron chi connectivity index (χ3n) is 5.14. The molecule has 4 rings (SSSR count). The molecule has 3 heterocycles. The quantitative estimate of drug-likeness (QED) is 0.302. The highest BCUT2D eigenvalue weighted by Crippen LogP contribution is 2.34. The summed E-state index contributed by atoms with van der Waals surface area (Å²) in [5.74, 6) is 2.22. The number of benzene rings is 1. The Morgan fingerprint density at radius 2 is 2.03 bits per heavy atom. The van der Waals surface area contributed by atoms with Crippen LogP contribution in [0.25, 0.3) is 11.4 Å². The maximum absolute atomic E-state index is 12.5. The number of aryl methyl sites for hydroxylation is 2. The fraction of sp³-hybridized carbons (Fsp3) is 0.304. The topological polar surface area (TPSA) is 77.1 Å². The lowest BCUT2D eigenvalue weighted by atomic mass is 10.1. The van der Waals surface area contributed by atoms with E-state index in [0.717, 1.165) is 52.2 Å². The molecule has 0 bridgehead atoms. The maximum Gasteiger partial charge on any atom is 0.230 e. The van der Waals surface area contributed by atoms with E-state index in [1.165, 1.54) is 11.3 Å². The van der Waals surface area contributed by atoms with E-state index in [9.17, 15) is 4.79 Å². The molecule has 0 saturated heterocycles. The van der Waals surface area contributed by atoms with Gasteiger partial charge in [0, 0.05) is 24.6 Å². The summed E-state index contributed by atoms with van der Waals surface area (Å²) in [4.78, 5) is 18.9. The Morgan fingerprint density at radius 1 is 1.22 bits per heavy atom. The summed E-state index contributed by atoms with van der Waals surface area (Å²) >= 11 is 3.06. The standard InChI is InChI=1S/C23H25N5O2S2/c1-5-17-9-7-8-10-20(17)28(16(4)29)22-24-18(13-31-22)14-32-23-26-25-21(27(23)6-2)19-11-12-30-15(19)3/h7-13H,5-6,14H2,1-4H3. The zero-order valence-electron chi connectivity index (χ0n) is 18.5. The van der Waals surface area contributed by atoms with Gasteiger partial charge in [-0.3, -0.25) is 9.69 Å². The Labute approximate surface area is 195 Å². The minimum Gasteiger partial charge on any atom is -0.469 e. The number of carbonyl (C=O) groups is 1. The average Bonchev–Trinajstić information content (AvgIpc) is 3.52. The summed E-state index contributed by atoms with van der Waals surface area (Å²) in [6, 6.07) is 9.88. The van der Waals surface area contributed by atoms with E-state index >= 15 is 0 Å². The lowest BCUT2D eigenvalue weighted by molar-refractivity contribution is -0.115. The zero-order valence-corrected chi connectivity index (χ0v) is 20.2. The first-order valence-corrected chi connectivity index (χ1v) is 12.3. The minimum absolute atomic E-state index is 0.0506. The number of aromatic nitrogens is 4. The van der Waals surface area contributed by atoms with Crippen LogP contribution >= 0.6 is 23.1 Å². The molecule has 1 amide bonds. The summed E-state index contributed by atoms with van der Waals surface area (Å²) < 4.78 is 7.50. The molecule has 3 aromatic heterocycles. The van der Waals surface area contributed by atoms with E-state index in [4.69, 9.17) is 9.40 Å². The molecule has 9 heteroatoms. The van der Waals surface area contributed by atoms with Crippen molar-refractivity contribution in [3.8, 4) is 11.4 Å². The SMILES string of the molecule is CCc1ccccc1N(C(C)=O)c1nc(CSc2nnc(-c3ccoc3C)n2CC)cs1. The van der Waals surface area contributed by atoms with Crippen LogP contribution in [0.1, 0.15) is 37.8 Å². The first-order valence-electron chi connectivity index (χ1n) is 10.5. The third kappa shape index (κ3) is 4.35. The number of anilines is 2.